The Labute approximate surface area is 79.7 Å². The number of benzene rings is 1. The molecular formula is C9H11F3N2. The van der Waals surface area contributed by atoms with Gasteiger partial charge in [0.2, 0.25) is 0 Å². The molecule has 0 saturated carbocycles. The molecule has 1 rings (SSSR count). The van der Waals surface area contributed by atoms with Crippen LogP contribution in [0.2, 0.25) is 0 Å². The molecule has 0 fully saturated rings. The first kappa shape index (κ1) is 10.8. The molecule has 0 bridgehead atoms. The van der Waals surface area contributed by atoms with Crippen molar-refractivity contribution in [3.63, 3.8) is 0 Å². The summed E-state index contributed by atoms with van der Waals surface area (Å²) >= 11 is 0. The number of nitrogen functional groups attached to an aromatic ring is 1. The Morgan fingerprint density at radius 1 is 1.29 bits per heavy atom. The Kier molecular flexibility index (Phi) is 2.71. The maximum absolute atomic E-state index is 12.5. The zero-order valence-corrected chi connectivity index (χ0v) is 7.60. The molecule has 0 spiro atoms. The number of nitrogens with two attached hydrogens (primary N) is 2. The summed E-state index contributed by atoms with van der Waals surface area (Å²) in [6, 6.07) is 2.93. The van der Waals surface area contributed by atoms with Gasteiger partial charge in [-0.2, -0.15) is 13.2 Å². The molecule has 1 aromatic carbocycles. The molecule has 4 N–H and O–H groups in total. The molecule has 0 heterocycles. The molecule has 0 amide bonds. The molecule has 14 heavy (non-hydrogen) atoms. The Hall–Kier alpha value is -1.23. The van der Waals surface area contributed by atoms with Crippen LogP contribution in [0.3, 0.4) is 0 Å². The normalized spacial score (nSPS) is 14.1. The Balaban J connectivity index is 3.36. The van der Waals surface area contributed by atoms with Crippen molar-refractivity contribution < 1.29 is 13.2 Å². The van der Waals surface area contributed by atoms with Crippen LogP contribution < -0.4 is 11.5 Å². The summed E-state index contributed by atoms with van der Waals surface area (Å²) in [5.41, 5.74) is 10.2. The van der Waals surface area contributed by atoms with E-state index in [4.69, 9.17) is 11.5 Å². The highest BCUT2D eigenvalue weighted by atomic mass is 19.4. The number of hydrogen-bond acceptors (Lipinski definition) is 2. The molecule has 1 atom stereocenters. The van der Waals surface area contributed by atoms with E-state index in [0.717, 1.165) is 6.07 Å². The molecule has 1 aromatic rings. The van der Waals surface area contributed by atoms with Gasteiger partial charge in [0.05, 0.1) is 5.56 Å². The predicted octanol–water partition coefficient (Wildman–Crippen LogP) is 2.31. The zero-order valence-electron chi connectivity index (χ0n) is 7.60. The molecule has 0 radical (unpaired) electrons. The first-order chi connectivity index (χ1) is 6.34. The quantitative estimate of drug-likeness (QED) is 0.689. The van der Waals surface area contributed by atoms with E-state index >= 15 is 0 Å². The van der Waals surface area contributed by atoms with Gasteiger partial charge in [0, 0.05) is 17.3 Å². The first-order valence-electron chi connectivity index (χ1n) is 4.05. The van der Waals surface area contributed by atoms with Gasteiger partial charge in [-0.3, -0.25) is 0 Å². The fourth-order valence-electron chi connectivity index (χ4n) is 1.34. The third-order valence-electron chi connectivity index (χ3n) is 1.90. The van der Waals surface area contributed by atoms with Gasteiger partial charge >= 0.3 is 6.18 Å². The van der Waals surface area contributed by atoms with Crippen LogP contribution in [0.1, 0.15) is 24.1 Å². The van der Waals surface area contributed by atoms with Gasteiger partial charge in [-0.25, -0.2) is 0 Å². The number of hydrogen-bond donors (Lipinski definition) is 2. The molecule has 0 unspecified atom stereocenters. The van der Waals surface area contributed by atoms with E-state index < -0.39 is 17.8 Å². The molecule has 0 aliphatic rings. The zero-order chi connectivity index (χ0) is 10.9. The summed E-state index contributed by atoms with van der Waals surface area (Å²) in [4.78, 5) is 0. The number of rotatable bonds is 1. The summed E-state index contributed by atoms with van der Waals surface area (Å²) < 4.78 is 37.4. The number of halogens is 3. The summed E-state index contributed by atoms with van der Waals surface area (Å²) in [7, 11) is 0. The smallest absolute Gasteiger partial charge is 0.398 e. The van der Waals surface area contributed by atoms with Crippen molar-refractivity contribution in [3.8, 4) is 0 Å². The summed E-state index contributed by atoms with van der Waals surface area (Å²) in [6.07, 6.45) is -4.40. The van der Waals surface area contributed by atoms with Crippen molar-refractivity contribution >= 4 is 5.69 Å². The molecule has 0 saturated heterocycles. The lowest BCUT2D eigenvalue weighted by molar-refractivity contribution is -0.138. The molecule has 2 nitrogen and oxygen atoms in total. The Bertz CT molecular complexity index is 331. The van der Waals surface area contributed by atoms with Crippen molar-refractivity contribution in [2.45, 2.75) is 19.1 Å². The van der Waals surface area contributed by atoms with E-state index in [9.17, 15) is 13.2 Å². The van der Waals surface area contributed by atoms with Gasteiger partial charge in [0.1, 0.15) is 0 Å². The molecule has 0 aromatic heterocycles. The maximum atomic E-state index is 12.5. The van der Waals surface area contributed by atoms with Gasteiger partial charge in [-0.1, -0.05) is 6.07 Å². The van der Waals surface area contributed by atoms with Gasteiger partial charge in [0.25, 0.3) is 0 Å². The van der Waals surface area contributed by atoms with E-state index in [2.05, 4.69) is 0 Å². The van der Waals surface area contributed by atoms with Crippen molar-refractivity contribution in [1.29, 1.82) is 0 Å². The van der Waals surface area contributed by atoms with Crippen LogP contribution in [0.5, 0.6) is 0 Å². The second-order valence-corrected chi connectivity index (χ2v) is 3.09. The highest BCUT2D eigenvalue weighted by Gasteiger charge is 2.34. The minimum absolute atomic E-state index is 0.0417. The van der Waals surface area contributed by atoms with Crippen LogP contribution in [0.15, 0.2) is 18.2 Å². The minimum atomic E-state index is -4.40. The van der Waals surface area contributed by atoms with Crippen molar-refractivity contribution in [2.75, 3.05) is 5.73 Å². The Morgan fingerprint density at radius 3 is 2.21 bits per heavy atom. The fourth-order valence-corrected chi connectivity index (χ4v) is 1.34. The first-order valence-corrected chi connectivity index (χ1v) is 4.05. The SMILES string of the molecule is C[C@@H](N)c1c(N)cccc1C(F)(F)F. The molecule has 78 valence electrons. The molecule has 5 heteroatoms. The fraction of sp³-hybridized carbons (Fsp3) is 0.333. The van der Waals surface area contributed by atoms with Gasteiger partial charge in [0.15, 0.2) is 0 Å². The maximum Gasteiger partial charge on any atom is 0.416 e. The van der Waals surface area contributed by atoms with Crippen molar-refractivity contribution in [2.24, 2.45) is 5.73 Å². The molecule has 0 aliphatic carbocycles. The van der Waals surface area contributed by atoms with Crippen LogP contribution in [-0.2, 0) is 6.18 Å². The van der Waals surface area contributed by atoms with Crippen molar-refractivity contribution in [1.82, 2.24) is 0 Å². The van der Waals surface area contributed by atoms with Crippen LogP contribution in [0, 0.1) is 0 Å². The van der Waals surface area contributed by atoms with E-state index in [1.54, 1.807) is 0 Å². The van der Waals surface area contributed by atoms with Crippen molar-refractivity contribution in [3.05, 3.63) is 29.3 Å². The van der Waals surface area contributed by atoms with Gasteiger partial charge < -0.3 is 11.5 Å². The topological polar surface area (TPSA) is 52.0 Å². The second-order valence-electron chi connectivity index (χ2n) is 3.09. The lowest BCUT2D eigenvalue weighted by atomic mass is 9.99. The third-order valence-corrected chi connectivity index (χ3v) is 1.90. The molecular weight excluding hydrogens is 193 g/mol. The van der Waals surface area contributed by atoms with Gasteiger partial charge in [-0.15, -0.1) is 0 Å². The highest BCUT2D eigenvalue weighted by Crippen LogP contribution is 2.36. The summed E-state index contributed by atoms with van der Waals surface area (Å²) in [5.74, 6) is 0. The van der Waals surface area contributed by atoms with Crippen LogP contribution in [0.25, 0.3) is 0 Å². The summed E-state index contributed by atoms with van der Waals surface area (Å²) in [6.45, 7) is 1.47. The number of alkyl halides is 3. The highest BCUT2D eigenvalue weighted by molar-refractivity contribution is 5.53. The third kappa shape index (κ3) is 1.98. The largest absolute Gasteiger partial charge is 0.416 e. The van der Waals surface area contributed by atoms with Crippen LogP contribution in [-0.4, -0.2) is 0 Å². The monoisotopic (exact) mass is 204 g/mol. The average molecular weight is 204 g/mol. The second kappa shape index (κ2) is 3.49. The average Bonchev–Trinajstić information content (AvgIpc) is 2.01. The summed E-state index contributed by atoms with van der Waals surface area (Å²) in [5, 5.41) is 0. The van der Waals surface area contributed by atoms with E-state index in [1.807, 2.05) is 0 Å². The lowest BCUT2D eigenvalue weighted by Crippen LogP contribution is -2.17. The Morgan fingerprint density at radius 2 is 1.86 bits per heavy atom. The van der Waals surface area contributed by atoms with Crippen LogP contribution in [0.4, 0.5) is 18.9 Å². The van der Waals surface area contributed by atoms with Crippen LogP contribution >= 0.6 is 0 Å². The minimum Gasteiger partial charge on any atom is -0.398 e. The van der Waals surface area contributed by atoms with E-state index in [1.165, 1.54) is 19.1 Å². The van der Waals surface area contributed by atoms with E-state index in [0.29, 0.717) is 0 Å². The van der Waals surface area contributed by atoms with Gasteiger partial charge in [-0.05, 0) is 19.1 Å². The lowest BCUT2D eigenvalue weighted by Gasteiger charge is -2.17. The molecule has 0 aliphatic heterocycles. The standard InChI is InChI=1S/C9H11F3N2/c1-5(13)8-6(9(10,11)12)3-2-4-7(8)14/h2-5H,13-14H2,1H3/t5-/m1/s1. The predicted molar refractivity (Wildman–Crippen MR) is 48.5 cm³/mol. The number of anilines is 1. The van der Waals surface area contributed by atoms with E-state index in [-0.39, 0.29) is 11.3 Å².